The summed E-state index contributed by atoms with van der Waals surface area (Å²) in [5.41, 5.74) is 2.19. The second-order valence-electron chi connectivity index (χ2n) is 6.42. The Kier molecular flexibility index (Phi) is 2.55. The standard InChI is InChI=1S/C21H15NO2/c23-19-12-6-10-16-18-13-14-7-4-5-11-17(14)22(18)20(24)21(16,19)15-8-2-1-3-9-15/h1-5,7-11,13H,6,12H2. The fourth-order valence-corrected chi connectivity index (χ4v) is 4.24. The molecule has 0 radical (unpaired) electrons. The van der Waals surface area contributed by atoms with E-state index in [0.717, 1.165) is 27.7 Å². The molecule has 2 heterocycles. The van der Waals surface area contributed by atoms with Crippen molar-refractivity contribution in [2.45, 2.75) is 18.3 Å². The van der Waals surface area contributed by atoms with Crippen molar-refractivity contribution < 1.29 is 9.59 Å². The topological polar surface area (TPSA) is 39.1 Å². The summed E-state index contributed by atoms with van der Waals surface area (Å²) < 4.78 is 1.73. The lowest BCUT2D eigenvalue weighted by Gasteiger charge is -2.30. The summed E-state index contributed by atoms with van der Waals surface area (Å²) in [6, 6.07) is 19.3. The molecule has 0 saturated carbocycles. The van der Waals surface area contributed by atoms with Crippen molar-refractivity contribution >= 4 is 28.2 Å². The Morgan fingerprint density at radius 1 is 0.917 bits per heavy atom. The van der Waals surface area contributed by atoms with E-state index in [1.54, 1.807) is 4.57 Å². The highest BCUT2D eigenvalue weighted by Gasteiger charge is 2.57. The summed E-state index contributed by atoms with van der Waals surface area (Å²) in [6.07, 6.45) is 3.18. The number of nitrogens with zero attached hydrogens (tertiary/aromatic N) is 1. The molecule has 2 aromatic carbocycles. The minimum Gasteiger partial charge on any atom is -0.298 e. The van der Waals surface area contributed by atoms with Crippen molar-refractivity contribution in [3.05, 3.63) is 78.0 Å². The first-order chi connectivity index (χ1) is 11.7. The highest BCUT2D eigenvalue weighted by atomic mass is 16.2. The molecule has 0 amide bonds. The number of hydrogen-bond acceptors (Lipinski definition) is 2. The van der Waals surface area contributed by atoms with Gasteiger partial charge >= 0.3 is 0 Å². The van der Waals surface area contributed by atoms with E-state index in [0.29, 0.717) is 12.8 Å². The zero-order valence-electron chi connectivity index (χ0n) is 13.0. The largest absolute Gasteiger partial charge is 0.298 e. The molecule has 0 fully saturated rings. The lowest BCUT2D eigenvalue weighted by Crippen LogP contribution is -2.44. The van der Waals surface area contributed by atoms with Crippen molar-refractivity contribution in [2.75, 3.05) is 0 Å². The Morgan fingerprint density at radius 3 is 2.50 bits per heavy atom. The average molecular weight is 313 g/mol. The van der Waals surface area contributed by atoms with E-state index < -0.39 is 5.41 Å². The van der Waals surface area contributed by atoms with Crippen LogP contribution in [0.1, 0.15) is 28.9 Å². The van der Waals surface area contributed by atoms with Gasteiger partial charge in [0.1, 0.15) is 0 Å². The van der Waals surface area contributed by atoms with Gasteiger partial charge in [-0.15, -0.1) is 0 Å². The molecular weight excluding hydrogens is 298 g/mol. The van der Waals surface area contributed by atoms with E-state index in [2.05, 4.69) is 6.08 Å². The van der Waals surface area contributed by atoms with E-state index in [9.17, 15) is 9.59 Å². The molecule has 0 spiro atoms. The van der Waals surface area contributed by atoms with Crippen LogP contribution in [0.25, 0.3) is 16.5 Å². The van der Waals surface area contributed by atoms with Gasteiger partial charge in [-0.1, -0.05) is 54.6 Å². The first kappa shape index (κ1) is 13.5. The molecular formula is C21H15NO2. The minimum absolute atomic E-state index is 0.00369. The molecule has 1 aliphatic heterocycles. The van der Waals surface area contributed by atoms with Gasteiger partial charge in [0.25, 0.3) is 5.91 Å². The molecule has 0 saturated heterocycles. The number of carbonyl (C=O) groups is 2. The van der Waals surface area contributed by atoms with E-state index in [-0.39, 0.29) is 11.7 Å². The second-order valence-corrected chi connectivity index (χ2v) is 6.42. The maximum Gasteiger partial charge on any atom is 0.254 e. The summed E-state index contributed by atoms with van der Waals surface area (Å²) in [4.78, 5) is 26.6. The fraction of sp³-hybridized carbons (Fsp3) is 0.143. The highest BCUT2D eigenvalue weighted by molar-refractivity contribution is 6.29. The molecule has 2 aliphatic rings. The van der Waals surface area contributed by atoms with Gasteiger partial charge in [0.2, 0.25) is 0 Å². The lowest BCUT2D eigenvalue weighted by atomic mass is 9.67. The highest BCUT2D eigenvalue weighted by Crippen LogP contribution is 2.51. The van der Waals surface area contributed by atoms with Crippen LogP contribution in [0.4, 0.5) is 0 Å². The minimum atomic E-state index is -1.17. The van der Waals surface area contributed by atoms with Gasteiger partial charge in [-0.2, -0.15) is 0 Å². The molecule has 0 bridgehead atoms. The van der Waals surface area contributed by atoms with Crippen LogP contribution in [0.3, 0.4) is 0 Å². The molecule has 1 aromatic heterocycles. The SMILES string of the molecule is O=C1CCC=C2c3cc4ccccc4n3C(=O)C12c1ccccc1. The van der Waals surface area contributed by atoms with Crippen LogP contribution in [0, 0.1) is 0 Å². The number of rotatable bonds is 1. The second kappa shape index (κ2) is 4.54. The summed E-state index contributed by atoms with van der Waals surface area (Å²) in [5, 5.41) is 1.03. The van der Waals surface area contributed by atoms with Gasteiger partial charge in [-0.25, -0.2) is 0 Å². The maximum absolute atomic E-state index is 13.5. The third kappa shape index (κ3) is 1.42. The predicted octanol–water partition coefficient (Wildman–Crippen LogP) is 3.98. The summed E-state index contributed by atoms with van der Waals surface area (Å²) >= 11 is 0. The van der Waals surface area contributed by atoms with Gasteiger partial charge in [0, 0.05) is 11.8 Å². The van der Waals surface area contributed by atoms with Gasteiger partial charge in [0.15, 0.2) is 11.2 Å². The summed E-state index contributed by atoms with van der Waals surface area (Å²) in [5.74, 6) is -0.134. The zero-order chi connectivity index (χ0) is 16.3. The van der Waals surface area contributed by atoms with Crippen molar-refractivity contribution in [1.29, 1.82) is 0 Å². The number of allylic oxidation sites excluding steroid dienone is 2. The Morgan fingerprint density at radius 2 is 1.67 bits per heavy atom. The zero-order valence-corrected chi connectivity index (χ0v) is 13.0. The van der Waals surface area contributed by atoms with E-state index >= 15 is 0 Å². The van der Waals surface area contributed by atoms with Gasteiger partial charge < -0.3 is 0 Å². The van der Waals surface area contributed by atoms with E-state index in [1.165, 1.54) is 0 Å². The Bertz CT molecular complexity index is 1040. The third-order valence-corrected chi connectivity index (χ3v) is 5.26. The monoisotopic (exact) mass is 313 g/mol. The Hall–Kier alpha value is -2.94. The number of ketones is 1. The maximum atomic E-state index is 13.5. The number of hydrogen-bond donors (Lipinski definition) is 0. The van der Waals surface area contributed by atoms with Crippen molar-refractivity contribution in [3.63, 3.8) is 0 Å². The van der Waals surface area contributed by atoms with Crippen LogP contribution < -0.4 is 0 Å². The van der Waals surface area contributed by atoms with Crippen molar-refractivity contribution in [2.24, 2.45) is 0 Å². The predicted molar refractivity (Wildman–Crippen MR) is 92.9 cm³/mol. The number of aromatic nitrogens is 1. The smallest absolute Gasteiger partial charge is 0.254 e. The molecule has 5 rings (SSSR count). The number of Topliss-reactive ketones (excluding diaryl/α,β-unsaturated/α-hetero) is 1. The van der Waals surface area contributed by atoms with Crippen LogP contribution in [0.15, 0.2) is 66.7 Å². The fourth-order valence-electron chi connectivity index (χ4n) is 4.24. The molecule has 24 heavy (non-hydrogen) atoms. The average Bonchev–Trinajstić information content (AvgIpc) is 3.11. The molecule has 3 heteroatoms. The van der Waals surface area contributed by atoms with Crippen LogP contribution in [-0.4, -0.2) is 16.3 Å². The molecule has 1 unspecified atom stereocenters. The summed E-state index contributed by atoms with van der Waals surface area (Å²) in [6.45, 7) is 0. The first-order valence-electron chi connectivity index (χ1n) is 8.19. The molecule has 3 nitrogen and oxygen atoms in total. The normalized spacial score (nSPS) is 22.4. The number of carbonyl (C=O) groups excluding carboxylic acids is 2. The lowest BCUT2D eigenvalue weighted by molar-refractivity contribution is -0.121. The molecule has 1 aliphatic carbocycles. The first-order valence-corrected chi connectivity index (χ1v) is 8.19. The number of benzene rings is 2. The quantitative estimate of drug-likeness (QED) is 0.637. The molecule has 3 aromatic rings. The van der Waals surface area contributed by atoms with Crippen molar-refractivity contribution in [1.82, 2.24) is 4.57 Å². The van der Waals surface area contributed by atoms with Crippen molar-refractivity contribution in [3.8, 4) is 0 Å². The van der Waals surface area contributed by atoms with Gasteiger partial charge in [-0.3, -0.25) is 14.2 Å². The molecule has 0 N–H and O–H groups in total. The molecule has 116 valence electrons. The molecule has 1 atom stereocenters. The summed E-state index contributed by atoms with van der Waals surface area (Å²) in [7, 11) is 0. The van der Waals surface area contributed by atoms with Gasteiger partial charge in [0.05, 0.1) is 11.2 Å². The van der Waals surface area contributed by atoms with Crippen LogP contribution in [-0.2, 0) is 10.2 Å². The Labute approximate surface area is 139 Å². The van der Waals surface area contributed by atoms with Crippen LogP contribution in [0.2, 0.25) is 0 Å². The van der Waals surface area contributed by atoms with E-state index in [1.807, 2.05) is 60.7 Å². The number of fused-ring (bicyclic) bond motifs is 5. The Balaban J connectivity index is 1.89. The van der Waals surface area contributed by atoms with Crippen LogP contribution in [0.5, 0.6) is 0 Å². The number of para-hydroxylation sites is 1. The van der Waals surface area contributed by atoms with Gasteiger partial charge in [-0.05, 0) is 29.7 Å². The third-order valence-electron chi connectivity index (χ3n) is 5.26. The van der Waals surface area contributed by atoms with E-state index in [4.69, 9.17) is 0 Å². The van der Waals surface area contributed by atoms with Crippen LogP contribution >= 0.6 is 0 Å².